The van der Waals surface area contributed by atoms with E-state index in [9.17, 15) is 4.79 Å². The molecule has 1 rings (SSSR count). The molecule has 0 fully saturated rings. The molecule has 0 amide bonds. The number of carbonyl (C=O) groups excluding carboxylic acids is 1. The maximum absolute atomic E-state index is 11.1. The summed E-state index contributed by atoms with van der Waals surface area (Å²) < 4.78 is 4.82. The molecule has 1 aromatic carbocycles. The molecule has 0 heterocycles. The average molecular weight is 267 g/mol. The van der Waals surface area contributed by atoms with Crippen LogP contribution in [-0.2, 0) is 37.4 Å². The third-order valence-corrected chi connectivity index (χ3v) is 1.44. The van der Waals surface area contributed by atoms with E-state index in [0.29, 0.717) is 12.2 Å². The van der Waals surface area contributed by atoms with Gasteiger partial charge in [-0.15, -0.1) is 12.1 Å². The maximum atomic E-state index is 11.1. The number of hydrogen-bond donors (Lipinski definition) is 0. The van der Waals surface area contributed by atoms with E-state index in [1.165, 1.54) is 0 Å². The molecule has 0 aliphatic heterocycles. The first-order valence-electron chi connectivity index (χ1n) is 3.83. The minimum absolute atomic E-state index is 0. The second-order valence-electron chi connectivity index (χ2n) is 2.42. The zero-order chi connectivity index (χ0) is 8.97. The predicted octanol–water partition coefficient (Wildman–Crippen LogP) is 2.49. The minimum Gasteiger partial charge on any atom is -0.463 e. The van der Waals surface area contributed by atoms with Gasteiger partial charge in [-0.1, -0.05) is 6.07 Å². The molecular formula is C11H14O2Y-2. The monoisotopic (exact) mass is 267 g/mol. The van der Waals surface area contributed by atoms with Crippen molar-refractivity contribution in [1.29, 1.82) is 0 Å². The fraction of sp³-hybridized carbons (Fsp3) is 0.182. The first-order chi connectivity index (χ1) is 5.74. The Morgan fingerprint density at radius 1 is 1.50 bits per heavy atom. The van der Waals surface area contributed by atoms with Crippen LogP contribution in [0.5, 0.6) is 0 Å². The fourth-order valence-corrected chi connectivity index (χ4v) is 0.913. The average Bonchev–Trinajstić information content (AvgIpc) is 2.05. The van der Waals surface area contributed by atoms with Gasteiger partial charge in [0.25, 0.3) is 0 Å². The van der Waals surface area contributed by atoms with Gasteiger partial charge in [0.1, 0.15) is 0 Å². The third-order valence-electron chi connectivity index (χ3n) is 1.44. The molecule has 0 saturated heterocycles. The Morgan fingerprint density at radius 2 is 2.14 bits per heavy atom. The number of hydrogen-bond acceptors (Lipinski definition) is 2. The van der Waals surface area contributed by atoms with E-state index in [2.05, 4.69) is 6.92 Å². The standard InChI is InChI=1S/C10H11O2.CH3.Y/c1-3-12-10(11)9-6-4-5-8(2)7-9;;/h4-7H,2-3H2,1H3;1H3;/q2*-1;. The summed E-state index contributed by atoms with van der Waals surface area (Å²) in [5.41, 5.74) is 1.38. The Kier molecular flexibility index (Phi) is 9.22. The van der Waals surface area contributed by atoms with Gasteiger partial charge in [0.05, 0.1) is 6.61 Å². The van der Waals surface area contributed by atoms with E-state index in [1.807, 2.05) is 6.07 Å². The molecule has 0 aromatic heterocycles. The molecule has 0 spiro atoms. The van der Waals surface area contributed by atoms with E-state index >= 15 is 0 Å². The fourth-order valence-electron chi connectivity index (χ4n) is 0.913. The molecule has 3 heteroatoms. The van der Waals surface area contributed by atoms with Crippen LogP contribution in [0.1, 0.15) is 22.8 Å². The summed E-state index contributed by atoms with van der Waals surface area (Å²) in [7, 11) is 0. The normalized spacial score (nSPS) is 8.07. The van der Waals surface area contributed by atoms with Crippen LogP contribution in [0, 0.1) is 14.4 Å². The molecule has 0 N–H and O–H groups in total. The van der Waals surface area contributed by atoms with Crippen molar-refractivity contribution in [3.8, 4) is 0 Å². The number of benzene rings is 1. The molecule has 2 nitrogen and oxygen atoms in total. The summed E-state index contributed by atoms with van der Waals surface area (Å²) in [4.78, 5) is 11.1. The summed E-state index contributed by atoms with van der Waals surface area (Å²) in [5, 5.41) is 0. The SMILES string of the molecule is [CH2-]c1cccc(C(=O)OCC)c1.[CH3-].[Y]. The van der Waals surface area contributed by atoms with Gasteiger partial charge in [-0.2, -0.15) is 18.6 Å². The van der Waals surface area contributed by atoms with Crippen molar-refractivity contribution in [3.05, 3.63) is 49.7 Å². The molecule has 0 atom stereocenters. The molecule has 14 heavy (non-hydrogen) atoms. The van der Waals surface area contributed by atoms with E-state index in [-0.39, 0.29) is 46.1 Å². The Morgan fingerprint density at radius 3 is 2.64 bits per heavy atom. The van der Waals surface area contributed by atoms with Crippen molar-refractivity contribution < 1.29 is 42.2 Å². The summed E-state index contributed by atoms with van der Waals surface area (Å²) >= 11 is 0. The molecular weight excluding hydrogens is 253 g/mol. The van der Waals surface area contributed by atoms with Gasteiger partial charge in [-0.25, -0.2) is 4.79 Å². The minimum atomic E-state index is -0.289. The number of carbonyl (C=O) groups is 1. The molecule has 0 aliphatic rings. The van der Waals surface area contributed by atoms with Gasteiger partial charge in [0, 0.05) is 38.3 Å². The van der Waals surface area contributed by atoms with Crippen LogP contribution in [0.25, 0.3) is 0 Å². The van der Waals surface area contributed by atoms with Crippen molar-refractivity contribution in [1.82, 2.24) is 0 Å². The van der Waals surface area contributed by atoms with E-state index < -0.39 is 0 Å². The smallest absolute Gasteiger partial charge is 0.325 e. The van der Waals surface area contributed by atoms with Crippen molar-refractivity contribution in [2.45, 2.75) is 6.92 Å². The van der Waals surface area contributed by atoms with Crippen LogP contribution < -0.4 is 0 Å². The van der Waals surface area contributed by atoms with Crippen LogP contribution in [-0.4, -0.2) is 12.6 Å². The van der Waals surface area contributed by atoms with Gasteiger partial charge in [0.2, 0.25) is 0 Å². The Balaban J connectivity index is 0. The number of ether oxygens (including phenoxy) is 1. The predicted molar refractivity (Wildman–Crippen MR) is 53.3 cm³/mol. The topological polar surface area (TPSA) is 26.3 Å². The van der Waals surface area contributed by atoms with E-state index in [0.717, 1.165) is 5.56 Å². The third kappa shape index (κ3) is 4.78. The molecule has 0 bridgehead atoms. The van der Waals surface area contributed by atoms with Crippen molar-refractivity contribution in [2.75, 3.05) is 6.61 Å². The summed E-state index contributed by atoms with van der Waals surface area (Å²) in [5.74, 6) is -0.289. The number of rotatable bonds is 2. The van der Waals surface area contributed by atoms with Crippen LogP contribution in [0.3, 0.4) is 0 Å². The Bertz CT molecular complexity index is 284. The zero-order valence-electron chi connectivity index (χ0n) is 8.62. The first kappa shape index (κ1) is 16.1. The second-order valence-corrected chi connectivity index (χ2v) is 2.42. The molecule has 0 unspecified atom stereocenters. The van der Waals surface area contributed by atoms with Gasteiger partial charge in [0.15, 0.2) is 0 Å². The van der Waals surface area contributed by atoms with Crippen molar-refractivity contribution in [2.24, 2.45) is 0 Å². The van der Waals surface area contributed by atoms with Gasteiger partial charge >= 0.3 is 5.97 Å². The van der Waals surface area contributed by atoms with Gasteiger partial charge in [-0.3, -0.25) is 0 Å². The second kappa shape index (κ2) is 8.01. The van der Waals surface area contributed by atoms with Crippen LogP contribution in [0.15, 0.2) is 24.3 Å². The Hall–Kier alpha value is -0.336. The molecule has 75 valence electrons. The van der Waals surface area contributed by atoms with E-state index in [1.54, 1.807) is 25.1 Å². The largest absolute Gasteiger partial charge is 0.463 e. The van der Waals surface area contributed by atoms with Gasteiger partial charge in [-0.05, 0) is 6.92 Å². The summed E-state index contributed by atoms with van der Waals surface area (Å²) in [6, 6.07) is 7.04. The van der Waals surface area contributed by atoms with Gasteiger partial charge < -0.3 is 12.2 Å². The molecule has 1 aromatic rings. The summed E-state index contributed by atoms with van der Waals surface area (Å²) in [6.45, 7) is 5.90. The zero-order valence-corrected chi connectivity index (χ0v) is 11.5. The van der Waals surface area contributed by atoms with Crippen LogP contribution in [0.2, 0.25) is 0 Å². The van der Waals surface area contributed by atoms with Crippen LogP contribution >= 0.6 is 0 Å². The molecule has 1 radical (unpaired) electrons. The maximum Gasteiger partial charge on any atom is 0.325 e. The van der Waals surface area contributed by atoms with E-state index in [4.69, 9.17) is 4.74 Å². The molecule has 0 aliphatic carbocycles. The van der Waals surface area contributed by atoms with Crippen molar-refractivity contribution >= 4 is 5.97 Å². The first-order valence-corrected chi connectivity index (χ1v) is 3.83. The Labute approximate surface area is 111 Å². The van der Waals surface area contributed by atoms with Crippen LogP contribution in [0.4, 0.5) is 0 Å². The summed E-state index contributed by atoms with van der Waals surface area (Å²) in [6.07, 6.45) is 0. The number of esters is 1. The quantitative estimate of drug-likeness (QED) is 0.608. The van der Waals surface area contributed by atoms with Crippen molar-refractivity contribution in [3.63, 3.8) is 0 Å². The molecule has 0 saturated carbocycles.